The van der Waals surface area contributed by atoms with Crippen LogP contribution in [-0.2, 0) is 0 Å². The number of anilines is 1. The van der Waals surface area contributed by atoms with Crippen molar-refractivity contribution < 1.29 is 19.4 Å². The summed E-state index contributed by atoms with van der Waals surface area (Å²) in [6, 6.07) is 22.6. The molecule has 0 aliphatic heterocycles. The number of phenolic OH excluding ortho intramolecular Hbond substituents is 1. The van der Waals surface area contributed by atoms with E-state index >= 15 is 0 Å². The highest BCUT2D eigenvalue weighted by Crippen LogP contribution is 2.26. The molecule has 2 amide bonds. The number of phenols is 1. The highest BCUT2D eigenvalue weighted by atomic mass is 16.5. The third-order valence-corrected chi connectivity index (χ3v) is 4.66. The number of para-hydroxylation sites is 1. The van der Waals surface area contributed by atoms with Crippen LogP contribution >= 0.6 is 0 Å². The number of hydrogen-bond donors (Lipinski definition) is 3. The summed E-state index contributed by atoms with van der Waals surface area (Å²) < 4.78 is 5.66. The van der Waals surface area contributed by atoms with E-state index in [1.807, 2.05) is 36.4 Å². The second-order valence-corrected chi connectivity index (χ2v) is 7.03. The molecule has 0 fully saturated rings. The predicted octanol–water partition coefficient (Wildman–Crippen LogP) is 4.99. The number of ketones is 1. The van der Waals surface area contributed by atoms with E-state index < -0.39 is 0 Å². The van der Waals surface area contributed by atoms with E-state index in [9.17, 15) is 14.7 Å². The second-order valence-electron chi connectivity index (χ2n) is 7.03. The molecule has 0 atom stereocenters. The van der Waals surface area contributed by atoms with E-state index in [1.54, 1.807) is 36.4 Å². The van der Waals surface area contributed by atoms with E-state index in [2.05, 4.69) is 10.6 Å². The van der Waals surface area contributed by atoms with Crippen LogP contribution in [-0.4, -0.2) is 30.1 Å². The van der Waals surface area contributed by atoms with Gasteiger partial charge in [0.2, 0.25) is 0 Å². The molecular weight excluding hydrogens is 392 g/mol. The molecule has 0 radical (unpaired) electrons. The van der Waals surface area contributed by atoms with Crippen LogP contribution in [0.5, 0.6) is 11.5 Å². The number of ether oxygens (including phenoxy) is 1. The average Bonchev–Trinajstić information content (AvgIpc) is 2.79. The fourth-order valence-corrected chi connectivity index (χ4v) is 3.03. The van der Waals surface area contributed by atoms with Crippen molar-refractivity contribution in [3.63, 3.8) is 0 Å². The van der Waals surface area contributed by atoms with Gasteiger partial charge in [0.05, 0.1) is 12.2 Å². The van der Waals surface area contributed by atoms with E-state index in [-0.39, 0.29) is 23.1 Å². The summed E-state index contributed by atoms with van der Waals surface area (Å²) in [6.45, 7) is 1.07. The number of urea groups is 1. The van der Waals surface area contributed by atoms with E-state index in [1.165, 1.54) is 6.07 Å². The average molecular weight is 418 g/mol. The van der Waals surface area contributed by atoms with Gasteiger partial charge in [-0.2, -0.15) is 0 Å². The highest BCUT2D eigenvalue weighted by Gasteiger charge is 2.14. The molecule has 3 aromatic carbocycles. The summed E-state index contributed by atoms with van der Waals surface area (Å²) in [7, 11) is 0. The van der Waals surface area contributed by atoms with Gasteiger partial charge in [0.25, 0.3) is 0 Å². The van der Waals surface area contributed by atoms with Crippen LogP contribution in [0, 0.1) is 0 Å². The first-order valence-electron chi connectivity index (χ1n) is 10.3. The van der Waals surface area contributed by atoms with Gasteiger partial charge in [-0.25, -0.2) is 4.79 Å². The molecule has 0 saturated heterocycles. The largest absolute Gasteiger partial charge is 0.507 e. The maximum atomic E-state index is 12.5. The zero-order valence-corrected chi connectivity index (χ0v) is 17.2. The molecule has 160 valence electrons. The summed E-state index contributed by atoms with van der Waals surface area (Å²) in [5.41, 5.74) is 1.53. The number of amides is 2. The van der Waals surface area contributed by atoms with Crippen LogP contribution in [0.4, 0.5) is 10.5 Å². The van der Waals surface area contributed by atoms with Crippen molar-refractivity contribution in [3.05, 3.63) is 90.0 Å². The van der Waals surface area contributed by atoms with Gasteiger partial charge in [-0.1, -0.05) is 48.5 Å². The van der Waals surface area contributed by atoms with E-state index in [0.29, 0.717) is 24.5 Å². The van der Waals surface area contributed by atoms with Crippen LogP contribution in [0.15, 0.2) is 78.9 Å². The van der Waals surface area contributed by atoms with Gasteiger partial charge in [-0.15, -0.1) is 0 Å². The zero-order chi connectivity index (χ0) is 21.9. The third kappa shape index (κ3) is 6.89. The lowest BCUT2D eigenvalue weighted by atomic mass is 10.0. The molecule has 3 aromatic rings. The molecule has 0 aliphatic rings. The van der Waals surface area contributed by atoms with Crippen LogP contribution in [0.1, 0.15) is 35.2 Å². The maximum absolute atomic E-state index is 12.5. The number of rotatable bonds is 10. The fourth-order valence-electron chi connectivity index (χ4n) is 3.03. The van der Waals surface area contributed by atoms with Crippen molar-refractivity contribution >= 4 is 17.5 Å². The Morgan fingerprint density at radius 3 is 2.26 bits per heavy atom. The Bertz CT molecular complexity index is 991. The lowest BCUT2D eigenvalue weighted by Crippen LogP contribution is -2.29. The Hall–Kier alpha value is -3.80. The number of unbranched alkanes of at least 4 members (excludes halogenated alkanes) is 2. The SMILES string of the molecule is O=C(NCCCCCOc1ccc(C(=O)c2ccccc2)c(O)c1)Nc1ccccc1. The van der Waals surface area contributed by atoms with Gasteiger partial charge >= 0.3 is 6.03 Å². The second kappa shape index (κ2) is 11.4. The Balaban J connectivity index is 1.33. The molecule has 0 heterocycles. The minimum atomic E-state index is -0.228. The Labute approximate surface area is 181 Å². The van der Waals surface area contributed by atoms with Crippen LogP contribution in [0.25, 0.3) is 0 Å². The van der Waals surface area contributed by atoms with Crippen LogP contribution in [0.2, 0.25) is 0 Å². The molecule has 31 heavy (non-hydrogen) atoms. The quantitative estimate of drug-likeness (QED) is 0.320. The first kappa shape index (κ1) is 21.9. The summed E-state index contributed by atoms with van der Waals surface area (Å²) >= 11 is 0. The zero-order valence-electron chi connectivity index (χ0n) is 17.2. The summed E-state index contributed by atoms with van der Waals surface area (Å²) in [6.07, 6.45) is 2.54. The maximum Gasteiger partial charge on any atom is 0.319 e. The number of aromatic hydroxyl groups is 1. The van der Waals surface area contributed by atoms with E-state index in [4.69, 9.17) is 4.74 Å². The number of carbonyl (C=O) groups excluding carboxylic acids is 2. The van der Waals surface area contributed by atoms with Gasteiger partial charge in [0.15, 0.2) is 5.78 Å². The topological polar surface area (TPSA) is 87.7 Å². The summed E-state index contributed by atoms with van der Waals surface area (Å²) in [4.78, 5) is 24.2. The van der Waals surface area contributed by atoms with Crippen molar-refractivity contribution in [3.8, 4) is 11.5 Å². The summed E-state index contributed by atoms with van der Waals surface area (Å²) in [5.74, 6) is 0.191. The molecular formula is C25H26N2O4. The first-order valence-corrected chi connectivity index (χ1v) is 10.3. The van der Waals surface area contributed by atoms with Crippen molar-refractivity contribution in [2.45, 2.75) is 19.3 Å². The van der Waals surface area contributed by atoms with Gasteiger partial charge in [0, 0.05) is 23.9 Å². The van der Waals surface area contributed by atoms with Gasteiger partial charge in [-0.3, -0.25) is 4.79 Å². The predicted molar refractivity (Wildman–Crippen MR) is 121 cm³/mol. The first-order chi connectivity index (χ1) is 15.1. The molecule has 0 spiro atoms. The molecule has 3 N–H and O–H groups in total. The standard InChI is InChI=1S/C25H26N2O4/c28-23-18-21(14-15-22(23)24(29)19-10-4-1-5-11-19)31-17-9-3-8-16-26-25(30)27-20-12-6-2-7-13-20/h1-2,4-7,10-15,18,28H,3,8-9,16-17H2,(H2,26,27,30). The van der Waals surface area contributed by atoms with Crippen LogP contribution in [0.3, 0.4) is 0 Å². The summed E-state index contributed by atoms with van der Waals surface area (Å²) in [5, 5.41) is 15.8. The molecule has 0 saturated carbocycles. The van der Waals surface area contributed by atoms with Crippen LogP contribution < -0.4 is 15.4 Å². The van der Waals surface area contributed by atoms with Crippen molar-refractivity contribution in [1.29, 1.82) is 0 Å². The lowest BCUT2D eigenvalue weighted by Gasteiger charge is -2.10. The molecule has 0 aromatic heterocycles. The normalized spacial score (nSPS) is 10.3. The molecule has 6 nitrogen and oxygen atoms in total. The van der Waals surface area contributed by atoms with Gasteiger partial charge < -0.3 is 20.5 Å². The smallest absolute Gasteiger partial charge is 0.319 e. The van der Waals surface area contributed by atoms with Gasteiger partial charge in [-0.05, 0) is 43.5 Å². The third-order valence-electron chi connectivity index (χ3n) is 4.66. The lowest BCUT2D eigenvalue weighted by molar-refractivity contribution is 0.103. The minimum Gasteiger partial charge on any atom is -0.507 e. The molecule has 3 rings (SSSR count). The Morgan fingerprint density at radius 1 is 0.839 bits per heavy atom. The number of nitrogens with one attached hydrogen (secondary N) is 2. The molecule has 0 unspecified atom stereocenters. The fraction of sp³-hybridized carbons (Fsp3) is 0.200. The minimum absolute atomic E-state index is 0.0972. The Morgan fingerprint density at radius 2 is 1.55 bits per heavy atom. The number of carbonyl (C=O) groups is 2. The van der Waals surface area contributed by atoms with Crippen molar-refractivity contribution in [2.24, 2.45) is 0 Å². The monoisotopic (exact) mass is 418 g/mol. The molecule has 6 heteroatoms. The Kier molecular flexibility index (Phi) is 8.05. The van der Waals surface area contributed by atoms with Gasteiger partial charge in [0.1, 0.15) is 11.5 Å². The number of hydrogen-bond acceptors (Lipinski definition) is 4. The highest BCUT2D eigenvalue weighted by molar-refractivity contribution is 6.10. The van der Waals surface area contributed by atoms with E-state index in [0.717, 1.165) is 24.9 Å². The van der Waals surface area contributed by atoms with Crippen molar-refractivity contribution in [2.75, 3.05) is 18.5 Å². The van der Waals surface area contributed by atoms with Crippen molar-refractivity contribution in [1.82, 2.24) is 5.32 Å². The molecule has 0 bridgehead atoms. The number of benzene rings is 3. The molecule has 0 aliphatic carbocycles.